The van der Waals surface area contributed by atoms with Crippen LogP contribution in [0.2, 0.25) is 0 Å². The van der Waals surface area contributed by atoms with Crippen molar-refractivity contribution >= 4 is 5.97 Å². The molecule has 1 saturated carbocycles. The molecule has 0 saturated heterocycles. The van der Waals surface area contributed by atoms with Gasteiger partial charge in [-0.3, -0.25) is 4.79 Å². The summed E-state index contributed by atoms with van der Waals surface area (Å²) in [5, 5.41) is 0. The standard InChI is InChI=1S/C9H15O2/c1-8(10)11-7-9-5-3-2-4-6-9/h7,9H,2-6H2,1H3. The molecule has 0 aromatic carbocycles. The van der Waals surface area contributed by atoms with Crippen molar-refractivity contribution in [1.29, 1.82) is 0 Å². The van der Waals surface area contributed by atoms with Gasteiger partial charge in [-0.2, -0.15) is 0 Å². The molecule has 1 fully saturated rings. The monoisotopic (exact) mass is 155 g/mol. The van der Waals surface area contributed by atoms with Crippen molar-refractivity contribution in [3.63, 3.8) is 0 Å². The van der Waals surface area contributed by atoms with Crippen LogP contribution in [0.5, 0.6) is 0 Å². The van der Waals surface area contributed by atoms with E-state index < -0.39 is 0 Å². The molecule has 0 bridgehead atoms. The Labute approximate surface area is 67.9 Å². The van der Waals surface area contributed by atoms with Crippen molar-refractivity contribution in [2.45, 2.75) is 39.0 Å². The summed E-state index contributed by atoms with van der Waals surface area (Å²) in [6.45, 7) is 3.15. The van der Waals surface area contributed by atoms with Crippen molar-refractivity contribution in [2.24, 2.45) is 5.92 Å². The third-order valence-corrected chi connectivity index (χ3v) is 2.08. The normalized spacial score (nSPS) is 19.7. The number of carbonyl (C=O) groups excluding carboxylic acids is 1. The number of hydrogen-bond acceptors (Lipinski definition) is 2. The summed E-state index contributed by atoms with van der Waals surface area (Å²) < 4.78 is 4.82. The van der Waals surface area contributed by atoms with Gasteiger partial charge in [-0.1, -0.05) is 19.3 Å². The van der Waals surface area contributed by atoms with Gasteiger partial charge in [-0.15, -0.1) is 0 Å². The van der Waals surface area contributed by atoms with Gasteiger partial charge < -0.3 is 4.74 Å². The summed E-state index contributed by atoms with van der Waals surface area (Å²) in [7, 11) is 0. The fraction of sp³-hybridized carbons (Fsp3) is 0.778. The molecular weight excluding hydrogens is 140 g/mol. The molecule has 0 aliphatic heterocycles. The van der Waals surface area contributed by atoms with Crippen molar-refractivity contribution < 1.29 is 9.53 Å². The highest BCUT2D eigenvalue weighted by Crippen LogP contribution is 2.25. The Kier molecular flexibility index (Phi) is 3.40. The Morgan fingerprint density at radius 1 is 1.36 bits per heavy atom. The number of carbonyl (C=O) groups is 1. The van der Waals surface area contributed by atoms with Gasteiger partial charge in [0.1, 0.15) is 6.61 Å². The first-order valence-corrected chi connectivity index (χ1v) is 4.29. The second-order valence-electron chi connectivity index (χ2n) is 3.14. The molecule has 11 heavy (non-hydrogen) atoms. The van der Waals surface area contributed by atoms with Crippen LogP contribution in [0, 0.1) is 12.5 Å². The lowest BCUT2D eigenvalue weighted by molar-refractivity contribution is -0.138. The van der Waals surface area contributed by atoms with Crippen LogP contribution < -0.4 is 0 Å². The van der Waals surface area contributed by atoms with Crippen LogP contribution in [0.25, 0.3) is 0 Å². The maximum absolute atomic E-state index is 10.4. The van der Waals surface area contributed by atoms with Gasteiger partial charge in [-0.25, -0.2) is 0 Å². The van der Waals surface area contributed by atoms with Crippen LogP contribution in [0.4, 0.5) is 0 Å². The van der Waals surface area contributed by atoms with E-state index in [9.17, 15) is 4.79 Å². The summed E-state index contributed by atoms with van der Waals surface area (Å²) in [5.41, 5.74) is 0. The van der Waals surface area contributed by atoms with Crippen LogP contribution in [-0.4, -0.2) is 5.97 Å². The van der Waals surface area contributed by atoms with E-state index in [2.05, 4.69) is 0 Å². The van der Waals surface area contributed by atoms with E-state index in [1.807, 2.05) is 0 Å². The second-order valence-corrected chi connectivity index (χ2v) is 3.14. The number of esters is 1. The molecule has 1 radical (unpaired) electrons. The first-order chi connectivity index (χ1) is 5.29. The molecule has 1 aliphatic rings. The Hall–Kier alpha value is -0.530. The van der Waals surface area contributed by atoms with Gasteiger partial charge >= 0.3 is 5.97 Å². The molecule has 0 spiro atoms. The topological polar surface area (TPSA) is 26.3 Å². The van der Waals surface area contributed by atoms with Crippen molar-refractivity contribution in [3.05, 3.63) is 6.61 Å². The Balaban J connectivity index is 2.09. The fourth-order valence-corrected chi connectivity index (χ4v) is 1.46. The molecule has 2 nitrogen and oxygen atoms in total. The van der Waals surface area contributed by atoms with Crippen molar-refractivity contribution in [3.8, 4) is 0 Å². The molecule has 0 aromatic heterocycles. The lowest BCUT2D eigenvalue weighted by atomic mass is 9.90. The van der Waals surface area contributed by atoms with Gasteiger partial charge in [0, 0.05) is 6.92 Å². The van der Waals surface area contributed by atoms with Gasteiger partial charge in [0.25, 0.3) is 0 Å². The summed E-state index contributed by atoms with van der Waals surface area (Å²) in [6.07, 6.45) is 6.27. The zero-order valence-corrected chi connectivity index (χ0v) is 7.01. The molecule has 0 heterocycles. The van der Waals surface area contributed by atoms with E-state index in [1.54, 1.807) is 6.61 Å². The van der Waals surface area contributed by atoms with Gasteiger partial charge in [0.05, 0.1) is 0 Å². The van der Waals surface area contributed by atoms with Crippen LogP contribution in [0.15, 0.2) is 0 Å². The van der Waals surface area contributed by atoms with E-state index in [1.165, 1.54) is 39.0 Å². The van der Waals surface area contributed by atoms with Gasteiger partial charge in [0.15, 0.2) is 0 Å². The zero-order valence-electron chi connectivity index (χ0n) is 7.01. The van der Waals surface area contributed by atoms with Crippen molar-refractivity contribution in [2.75, 3.05) is 0 Å². The molecular formula is C9H15O2. The van der Waals surface area contributed by atoms with Crippen LogP contribution in [0.1, 0.15) is 39.0 Å². The molecule has 2 heteroatoms. The molecule has 1 rings (SSSR count). The van der Waals surface area contributed by atoms with Crippen LogP contribution in [-0.2, 0) is 9.53 Å². The third-order valence-electron chi connectivity index (χ3n) is 2.08. The van der Waals surface area contributed by atoms with E-state index in [4.69, 9.17) is 4.74 Å². The molecule has 0 unspecified atom stereocenters. The largest absolute Gasteiger partial charge is 0.458 e. The molecule has 63 valence electrons. The Bertz CT molecular complexity index is 126. The quantitative estimate of drug-likeness (QED) is 0.572. The summed E-state index contributed by atoms with van der Waals surface area (Å²) >= 11 is 0. The minimum Gasteiger partial charge on any atom is -0.458 e. The van der Waals surface area contributed by atoms with E-state index >= 15 is 0 Å². The SMILES string of the molecule is CC(=O)O[CH]C1CCCCC1. The number of hydrogen-bond donors (Lipinski definition) is 0. The van der Waals surface area contributed by atoms with Crippen LogP contribution in [0.3, 0.4) is 0 Å². The highest BCUT2D eigenvalue weighted by molar-refractivity contribution is 5.66. The number of rotatable bonds is 2. The highest BCUT2D eigenvalue weighted by Gasteiger charge is 2.14. The number of ether oxygens (including phenoxy) is 1. The third kappa shape index (κ3) is 3.40. The van der Waals surface area contributed by atoms with Gasteiger partial charge in [-0.05, 0) is 18.8 Å². The van der Waals surface area contributed by atoms with E-state index in [-0.39, 0.29) is 5.97 Å². The predicted octanol–water partition coefficient (Wildman–Crippen LogP) is 2.29. The summed E-state index contributed by atoms with van der Waals surface area (Å²) in [4.78, 5) is 10.4. The molecule has 0 amide bonds. The maximum Gasteiger partial charge on any atom is 0.303 e. The zero-order chi connectivity index (χ0) is 8.10. The summed E-state index contributed by atoms with van der Waals surface area (Å²) in [5.74, 6) is 0.322. The maximum atomic E-state index is 10.4. The van der Waals surface area contributed by atoms with Gasteiger partial charge in [0.2, 0.25) is 0 Å². The average Bonchev–Trinajstić information content (AvgIpc) is 2.03. The fourth-order valence-electron chi connectivity index (χ4n) is 1.46. The first-order valence-electron chi connectivity index (χ1n) is 4.29. The van der Waals surface area contributed by atoms with E-state index in [0.717, 1.165) is 0 Å². The highest BCUT2D eigenvalue weighted by atomic mass is 16.5. The molecule has 0 N–H and O–H groups in total. The molecule has 0 atom stereocenters. The van der Waals surface area contributed by atoms with Crippen molar-refractivity contribution in [1.82, 2.24) is 0 Å². The minimum atomic E-state index is -0.199. The smallest absolute Gasteiger partial charge is 0.303 e. The second kappa shape index (κ2) is 4.37. The summed E-state index contributed by atoms with van der Waals surface area (Å²) in [6, 6.07) is 0. The Morgan fingerprint density at radius 2 is 2.00 bits per heavy atom. The predicted molar refractivity (Wildman–Crippen MR) is 42.6 cm³/mol. The van der Waals surface area contributed by atoms with Crippen LogP contribution >= 0.6 is 0 Å². The average molecular weight is 155 g/mol. The lowest BCUT2D eigenvalue weighted by Crippen LogP contribution is -2.10. The molecule has 1 aliphatic carbocycles. The Morgan fingerprint density at radius 3 is 2.55 bits per heavy atom. The first kappa shape index (κ1) is 8.57. The lowest BCUT2D eigenvalue weighted by Gasteiger charge is -2.19. The molecule has 0 aromatic rings. The minimum absolute atomic E-state index is 0.199. The van der Waals surface area contributed by atoms with E-state index in [0.29, 0.717) is 5.92 Å².